The zero-order chi connectivity index (χ0) is 13.6. The zero-order valence-electron chi connectivity index (χ0n) is 12.3. The summed E-state index contributed by atoms with van der Waals surface area (Å²) in [5, 5.41) is 10.5. The molecule has 0 aromatic carbocycles. The Morgan fingerprint density at radius 1 is 1.28 bits per heavy atom. The van der Waals surface area contributed by atoms with E-state index in [4.69, 9.17) is 0 Å². The third-order valence-electron chi connectivity index (χ3n) is 5.40. The van der Waals surface area contributed by atoms with Gasteiger partial charge in [-0.2, -0.15) is 0 Å². The third-order valence-corrected chi connectivity index (χ3v) is 5.40. The first-order valence-corrected chi connectivity index (χ1v) is 7.47. The summed E-state index contributed by atoms with van der Waals surface area (Å²) >= 11 is 0. The van der Waals surface area contributed by atoms with Gasteiger partial charge in [0.05, 0.1) is 5.60 Å². The Labute approximate surface area is 111 Å². The van der Waals surface area contributed by atoms with E-state index in [1.807, 2.05) is 6.92 Å². The van der Waals surface area contributed by atoms with Gasteiger partial charge < -0.3 is 5.11 Å². The van der Waals surface area contributed by atoms with Crippen LogP contribution < -0.4 is 0 Å². The number of ketones is 1. The maximum atomic E-state index is 12.2. The van der Waals surface area contributed by atoms with Gasteiger partial charge in [-0.05, 0) is 49.9 Å². The fourth-order valence-corrected chi connectivity index (χ4v) is 4.04. The number of rotatable bonds is 1. The van der Waals surface area contributed by atoms with Crippen LogP contribution >= 0.6 is 0 Å². The van der Waals surface area contributed by atoms with Gasteiger partial charge in [0, 0.05) is 12.3 Å². The van der Waals surface area contributed by atoms with E-state index in [0.29, 0.717) is 11.7 Å². The molecule has 2 aliphatic rings. The Kier molecular flexibility index (Phi) is 3.61. The number of carbonyl (C=O) groups is 1. The summed E-state index contributed by atoms with van der Waals surface area (Å²) in [5.74, 6) is 1.34. The quantitative estimate of drug-likeness (QED) is 0.774. The van der Waals surface area contributed by atoms with E-state index in [0.717, 1.165) is 38.5 Å². The molecule has 0 saturated heterocycles. The summed E-state index contributed by atoms with van der Waals surface area (Å²) in [6, 6.07) is 0. The Balaban J connectivity index is 2.13. The average molecular weight is 252 g/mol. The van der Waals surface area contributed by atoms with Crippen LogP contribution in [0.5, 0.6) is 0 Å². The molecule has 0 amide bonds. The minimum Gasteiger partial charge on any atom is -0.390 e. The van der Waals surface area contributed by atoms with Crippen molar-refractivity contribution in [1.29, 1.82) is 0 Å². The van der Waals surface area contributed by atoms with Crippen LogP contribution in [0.1, 0.15) is 66.2 Å². The number of Topliss-reactive ketones (excluding diaryl/α,β-unsaturated/α-hetero) is 1. The molecule has 104 valence electrons. The fraction of sp³-hybridized carbons (Fsp3) is 0.938. The smallest absolute Gasteiger partial charge is 0.136 e. The monoisotopic (exact) mass is 252 g/mol. The van der Waals surface area contributed by atoms with Gasteiger partial charge in [-0.3, -0.25) is 4.79 Å². The Hall–Kier alpha value is -0.370. The summed E-state index contributed by atoms with van der Waals surface area (Å²) in [6.07, 6.45) is 5.71. The van der Waals surface area contributed by atoms with Crippen LogP contribution in [0.25, 0.3) is 0 Å². The normalized spacial score (nSPS) is 42.3. The highest BCUT2D eigenvalue weighted by molar-refractivity contribution is 5.82. The second kappa shape index (κ2) is 4.63. The van der Waals surface area contributed by atoms with Crippen LogP contribution in [0, 0.1) is 23.2 Å². The number of carbonyl (C=O) groups excluding carboxylic acids is 1. The molecule has 0 radical (unpaired) electrons. The summed E-state index contributed by atoms with van der Waals surface area (Å²) in [4.78, 5) is 12.2. The molecular formula is C16H28O2. The van der Waals surface area contributed by atoms with E-state index in [2.05, 4.69) is 20.8 Å². The van der Waals surface area contributed by atoms with Crippen LogP contribution in [0.2, 0.25) is 0 Å². The van der Waals surface area contributed by atoms with E-state index in [9.17, 15) is 9.90 Å². The van der Waals surface area contributed by atoms with Gasteiger partial charge in [0.2, 0.25) is 0 Å². The van der Waals surface area contributed by atoms with Crippen LogP contribution in [-0.2, 0) is 4.79 Å². The van der Waals surface area contributed by atoms with Crippen molar-refractivity contribution in [1.82, 2.24) is 0 Å². The first-order chi connectivity index (χ1) is 8.22. The number of aliphatic hydroxyl groups is 1. The summed E-state index contributed by atoms with van der Waals surface area (Å²) < 4.78 is 0. The molecule has 2 heteroatoms. The lowest BCUT2D eigenvalue weighted by atomic mass is 9.64. The predicted molar refractivity (Wildman–Crippen MR) is 73.3 cm³/mol. The van der Waals surface area contributed by atoms with E-state index >= 15 is 0 Å². The number of hydrogen-bond donors (Lipinski definition) is 1. The molecule has 0 aromatic rings. The van der Waals surface area contributed by atoms with Gasteiger partial charge in [-0.1, -0.05) is 27.2 Å². The molecule has 2 rings (SSSR count). The van der Waals surface area contributed by atoms with Gasteiger partial charge >= 0.3 is 0 Å². The Bertz CT molecular complexity index is 324. The summed E-state index contributed by atoms with van der Waals surface area (Å²) in [6.45, 7) is 8.75. The molecule has 2 saturated carbocycles. The summed E-state index contributed by atoms with van der Waals surface area (Å²) in [5.41, 5.74) is -0.330. The van der Waals surface area contributed by atoms with Crippen LogP contribution in [0.3, 0.4) is 0 Å². The molecule has 18 heavy (non-hydrogen) atoms. The molecule has 0 heterocycles. The fourth-order valence-electron chi connectivity index (χ4n) is 4.04. The van der Waals surface area contributed by atoms with Gasteiger partial charge in [0.15, 0.2) is 0 Å². The molecule has 0 aromatic heterocycles. The number of hydrogen-bond acceptors (Lipinski definition) is 2. The zero-order valence-corrected chi connectivity index (χ0v) is 12.3. The topological polar surface area (TPSA) is 37.3 Å². The lowest BCUT2D eigenvalue weighted by Gasteiger charge is -2.41. The summed E-state index contributed by atoms with van der Waals surface area (Å²) in [7, 11) is 0. The second-order valence-corrected chi connectivity index (χ2v) is 7.77. The van der Waals surface area contributed by atoms with Crippen molar-refractivity contribution >= 4 is 5.78 Å². The van der Waals surface area contributed by atoms with Gasteiger partial charge in [0.25, 0.3) is 0 Å². The van der Waals surface area contributed by atoms with E-state index in [-0.39, 0.29) is 17.3 Å². The van der Waals surface area contributed by atoms with Crippen molar-refractivity contribution in [2.45, 2.75) is 71.8 Å². The maximum absolute atomic E-state index is 12.2. The van der Waals surface area contributed by atoms with Crippen molar-refractivity contribution in [3.8, 4) is 0 Å². The molecule has 0 spiro atoms. The van der Waals surface area contributed by atoms with Crippen LogP contribution in [0.4, 0.5) is 0 Å². The van der Waals surface area contributed by atoms with Gasteiger partial charge in [-0.15, -0.1) is 0 Å². The highest BCUT2D eigenvalue weighted by atomic mass is 16.3. The lowest BCUT2D eigenvalue weighted by molar-refractivity contribution is -0.133. The SMILES string of the molecule is CC(C)(C)C1CCC(=O)C(C2CCCC2(C)O)C1. The molecule has 2 fully saturated rings. The largest absolute Gasteiger partial charge is 0.390 e. The first kappa shape index (κ1) is 14.0. The average Bonchev–Trinajstić information content (AvgIpc) is 2.57. The van der Waals surface area contributed by atoms with Gasteiger partial charge in [-0.25, -0.2) is 0 Å². The van der Waals surface area contributed by atoms with Crippen molar-refractivity contribution in [2.24, 2.45) is 23.2 Å². The molecule has 4 atom stereocenters. The van der Waals surface area contributed by atoms with E-state index in [1.165, 1.54) is 0 Å². The van der Waals surface area contributed by atoms with Crippen LogP contribution in [-0.4, -0.2) is 16.5 Å². The highest BCUT2D eigenvalue weighted by Gasteiger charge is 2.47. The van der Waals surface area contributed by atoms with Crippen molar-refractivity contribution in [3.63, 3.8) is 0 Å². The Morgan fingerprint density at radius 3 is 2.44 bits per heavy atom. The van der Waals surface area contributed by atoms with Crippen molar-refractivity contribution < 1.29 is 9.90 Å². The van der Waals surface area contributed by atoms with E-state index in [1.54, 1.807) is 0 Å². The lowest BCUT2D eigenvalue weighted by Crippen LogP contribution is -2.42. The molecule has 4 unspecified atom stereocenters. The molecule has 0 bridgehead atoms. The molecule has 2 nitrogen and oxygen atoms in total. The molecule has 2 aliphatic carbocycles. The second-order valence-electron chi connectivity index (χ2n) is 7.77. The first-order valence-electron chi connectivity index (χ1n) is 7.47. The molecular weight excluding hydrogens is 224 g/mol. The van der Waals surface area contributed by atoms with E-state index < -0.39 is 5.60 Å². The Morgan fingerprint density at radius 2 is 1.94 bits per heavy atom. The maximum Gasteiger partial charge on any atom is 0.136 e. The standard InChI is InChI=1S/C16H28O2/c1-15(2,3)11-7-8-14(17)12(10-11)13-6-5-9-16(13,4)18/h11-13,18H,5-10H2,1-4H3. The van der Waals surface area contributed by atoms with Crippen molar-refractivity contribution in [3.05, 3.63) is 0 Å². The van der Waals surface area contributed by atoms with Gasteiger partial charge in [0.1, 0.15) is 5.78 Å². The minimum absolute atomic E-state index is 0.112. The third kappa shape index (κ3) is 2.64. The molecule has 0 aliphatic heterocycles. The minimum atomic E-state index is -0.611. The highest BCUT2D eigenvalue weighted by Crippen LogP contribution is 2.48. The predicted octanol–water partition coefficient (Wildman–Crippen LogP) is 3.57. The van der Waals surface area contributed by atoms with Crippen LogP contribution in [0.15, 0.2) is 0 Å². The molecule has 1 N–H and O–H groups in total. The van der Waals surface area contributed by atoms with Crippen molar-refractivity contribution in [2.75, 3.05) is 0 Å².